The molecule has 0 saturated heterocycles. The van der Waals surface area contributed by atoms with E-state index in [0.717, 1.165) is 17.7 Å². The molecule has 0 saturated carbocycles. The van der Waals surface area contributed by atoms with Gasteiger partial charge in [-0.05, 0) is 55.6 Å². The number of halogens is 3. The summed E-state index contributed by atoms with van der Waals surface area (Å²) in [6, 6.07) is 14.3. The third-order valence-electron chi connectivity index (χ3n) is 3.86. The summed E-state index contributed by atoms with van der Waals surface area (Å²) in [5.41, 5.74) is 0.444. The largest absolute Gasteiger partial charge is 0.460 e. The van der Waals surface area contributed by atoms with Gasteiger partial charge in [0.25, 0.3) is 0 Å². The minimum absolute atomic E-state index is 0.0508. The maximum Gasteiger partial charge on any atom is 0.238 e. The molecule has 140 valence electrons. The highest BCUT2D eigenvalue weighted by atomic mass is 35.5. The Kier molecular flexibility index (Phi) is 5.88. The Morgan fingerprint density at radius 1 is 1.07 bits per heavy atom. The van der Waals surface area contributed by atoms with Gasteiger partial charge < -0.3 is 9.73 Å². The molecule has 1 aromatic heterocycles. The molecule has 0 fully saturated rings. The summed E-state index contributed by atoms with van der Waals surface area (Å²) in [5, 5.41) is 2.90. The molecule has 7 heteroatoms. The quantitative estimate of drug-likeness (QED) is 0.647. The molecule has 0 spiro atoms. The van der Waals surface area contributed by atoms with E-state index in [1.165, 1.54) is 6.07 Å². The van der Waals surface area contributed by atoms with E-state index in [1.54, 1.807) is 24.1 Å². The Hall–Kier alpha value is -2.70. The Labute approximate surface area is 160 Å². The number of hydrogen-bond acceptors (Lipinski definition) is 3. The number of para-hydroxylation sites is 1. The molecule has 0 radical (unpaired) electrons. The van der Waals surface area contributed by atoms with Crippen molar-refractivity contribution in [1.82, 2.24) is 4.90 Å². The molecule has 4 nitrogen and oxygen atoms in total. The molecule has 1 amide bonds. The van der Waals surface area contributed by atoms with Gasteiger partial charge in [0.1, 0.15) is 28.8 Å². The maximum absolute atomic E-state index is 13.6. The Bertz CT molecular complexity index is 921. The Morgan fingerprint density at radius 2 is 1.74 bits per heavy atom. The number of benzene rings is 2. The van der Waals surface area contributed by atoms with E-state index in [2.05, 4.69) is 5.32 Å². The van der Waals surface area contributed by atoms with E-state index in [-0.39, 0.29) is 6.54 Å². The van der Waals surface area contributed by atoms with Gasteiger partial charge in [-0.25, -0.2) is 8.78 Å². The predicted molar refractivity (Wildman–Crippen MR) is 100 cm³/mol. The van der Waals surface area contributed by atoms with Gasteiger partial charge in [-0.1, -0.05) is 17.7 Å². The molecule has 2 aromatic carbocycles. The average Bonchev–Trinajstić information content (AvgIpc) is 3.07. The zero-order chi connectivity index (χ0) is 19.4. The minimum Gasteiger partial charge on any atom is -0.460 e. The fraction of sp³-hybridized carbons (Fsp3) is 0.150. The molecule has 0 aliphatic rings. The van der Waals surface area contributed by atoms with E-state index in [4.69, 9.17) is 16.0 Å². The fourth-order valence-corrected chi connectivity index (χ4v) is 2.72. The summed E-state index contributed by atoms with van der Waals surface area (Å²) in [7, 11) is 1.71. The number of amides is 1. The molecule has 0 bridgehead atoms. The Balaban J connectivity index is 1.58. The highest BCUT2D eigenvalue weighted by Crippen LogP contribution is 2.24. The van der Waals surface area contributed by atoms with Gasteiger partial charge in [0.15, 0.2) is 0 Å². The molecule has 0 aliphatic heterocycles. The van der Waals surface area contributed by atoms with E-state index in [1.807, 2.05) is 24.3 Å². The molecule has 1 N–H and O–H groups in total. The van der Waals surface area contributed by atoms with Crippen LogP contribution in [0.15, 0.2) is 59.0 Å². The molecular weight excluding hydrogens is 374 g/mol. The van der Waals surface area contributed by atoms with Crippen molar-refractivity contribution < 1.29 is 18.0 Å². The van der Waals surface area contributed by atoms with Crippen molar-refractivity contribution in [2.24, 2.45) is 0 Å². The lowest BCUT2D eigenvalue weighted by molar-refractivity contribution is -0.117. The first kappa shape index (κ1) is 19.1. The first-order valence-electron chi connectivity index (χ1n) is 8.19. The van der Waals surface area contributed by atoms with E-state index < -0.39 is 23.2 Å². The van der Waals surface area contributed by atoms with Crippen LogP contribution in [0.2, 0.25) is 5.02 Å². The predicted octanol–water partition coefficient (Wildman–Crippen LogP) is 4.95. The Morgan fingerprint density at radius 3 is 2.41 bits per heavy atom. The zero-order valence-corrected chi connectivity index (χ0v) is 15.3. The number of carbonyl (C=O) groups is 1. The first-order chi connectivity index (χ1) is 12.9. The second-order valence-electron chi connectivity index (χ2n) is 6.09. The third-order valence-corrected chi connectivity index (χ3v) is 4.11. The normalized spacial score (nSPS) is 11.0. The average molecular weight is 391 g/mol. The number of nitrogens with zero attached hydrogens (tertiary/aromatic N) is 1. The number of anilines is 1. The topological polar surface area (TPSA) is 45.5 Å². The van der Waals surface area contributed by atoms with Crippen molar-refractivity contribution in [3.8, 4) is 11.3 Å². The van der Waals surface area contributed by atoms with E-state index in [9.17, 15) is 13.6 Å². The summed E-state index contributed by atoms with van der Waals surface area (Å²) >= 11 is 5.88. The molecule has 0 atom stereocenters. The lowest BCUT2D eigenvalue weighted by Gasteiger charge is -2.15. The number of nitrogens with one attached hydrogen (secondary N) is 1. The van der Waals surface area contributed by atoms with Crippen molar-refractivity contribution in [3.63, 3.8) is 0 Å². The van der Waals surface area contributed by atoms with Gasteiger partial charge in [-0.2, -0.15) is 0 Å². The van der Waals surface area contributed by atoms with Crippen LogP contribution in [0.5, 0.6) is 0 Å². The van der Waals surface area contributed by atoms with Gasteiger partial charge in [0, 0.05) is 10.6 Å². The van der Waals surface area contributed by atoms with Crippen LogP contribution in [0.25, 0.3) is 11.3 Å². The second kappa shape index (κ2) is 8.33. The maximum atomic E-state index is 13.6. The van der Waals surface area contributed by atoms with Gasteiger partial charge in [-0.15, -0.1) is 0 Å². The van der Waals surface area contributed by atoms with Crippen molar-refractivity contribution in [1.29, 1.82) is 0 Å². The molecule has 3 rings (SSSR count). The van der Waals surface area contributed by atoms with Crippen LogP contribution in [-0.2, 0) is 11.3 Å². The van der Waals surface area contributed by atoms with Crippen LogP contribution in [0.3, 0.4) is 0 Å². The van der Waals surface area contributed by atoms with Gasteiger partial charge >= 0.3 is 0 Å². The zero-order valence-electron chi connectivity index (χ0n) is 14.5. The summed E-state index contributed by atoms with van der Waals surface area (Å²) < 4.78 is 33.0. The number of hydrogen-bond donors (Lipinski definition) is 1. The summed E-state index contributed by atoms with van der Waals surface area (Å²) in [6.45, 7) is 0.311. The molecule has 3 aromatic rings. The van der Waals surface area contributed by atoms with Crippen LogP contribution in [-0.4, -0.2) is 24.4 Å². The smallest absolute Gasteiger partial charge is 0.238 e. The molecule has 0 unspecified atom stereocenters. The minimum atomic E-state index is -0.815. The van der Waals surface area contributed by atoms with Crippen molar-refractivity contribution in [2.75, 3.05) is 18.9 Å². The SMILES string of the molecule is CN(CC(=O)Nc1c(F)cccc1F)Cc1ccc(-c2ccc(Cl)cc2)o1. The first-order valence-corrected chi connectivity index (χ1v) is 8.57. The number of furan rings is 1. The van der Waals surface area contributed by atoms with Gasteiger partial charge in [0.05, 0.1) is 13.1 Å². The van der Waals surface area contributed by atoms with Crippen molar-refractivity contribution >= 4 is 23.2 Å². The summed E-state index contributed by atoms with van der Waals surface area (Å²) in [4.78, 5) is 13.7. The highest BCUT2D eigenvalue weighted by Gasteiger charge is 2.14. The standard InChI is InChI=1S/C20H17ClF2N2O2/c1-25(12-19(26)24-20-16(22)3-2-4-17(20)23)11-15-9-10-18(27-15)13-5-7-14(21)8-6-13/h2-10H,11-12H2,1H3,(H,24,26). The molecule has 1 heterocycles. The van der Waals surface area contributed by atoms with E-state index in [0.29, 0.717) is 23.1 Å². The van der Waals surface area contributed by atoms with Crippen LogP contribution in [0.1, 0.15) is 5.76 Å². The number of likely N-dealkylation sites (N-methyl/N-ethyl adjacent to an activating group) is 1. The summed E-state index contributed by atoms with van der Waals surface area (Å²) in [6.07, 6.45) is 0. The molecular formula is C20H17ClF2N2O2. The highest BCUT2D eigenvalue weighted by molar-refractivity contribution is 6.30. The second-order valence-corrected chi connectivity index (χ2v) is 6.53. The monoisotopic (exact) mass is 390 g/mol. The van der Waals surface area contributed by atoms with Crippen LogP contribution < -0.4 is 5.32 Å². The van der Waals surface area contributed by atoms with Gasteiger partial charge in [-0.3, -0.25) is 9.69 Å². The number of rotatable bonds is 6. The lowest BCUT2D eigenvalue weighted by atomic mass is 10.2. The number of carbonyl (C=O) groups excluding carboxylic acids is 1. The van der Waals surface area contributed by atoms with Crippen molar-refractivity contribution in [3.05, 3.63) is 77.0 Å². The lowest BCUT2D eigenvalue weighted by Crippen LogP contribution is -2.30. The molecule has 0 aliphatic carbocycles. The summed E-state index contributed by atoms with van der Waals surface area (Å²) in [5.74, 6) is -0.805. The fourth-order valence-electron chi connectivity index (χ4n) is 2.60. The van der Waals surface area contributed by atoms with E-state index >= 15 is 0 Å². The third kappa shape index (κ3) is 4.93. The van der Waals surface area contributed by atoms with Crippen LogP contribution >= 0.6 is 11.6 Å². The van der Waals surface area contributed by atoms with Gasteiger partial charge in [0.2, 0.25) is 5.91 Å². The van der Waals surface area contributed by atoms with Crippen LogP contribution in [0, 0.1) is 11.6 Å². The van der Waals surface area contributed by atoms with Crippen LogP contribution in [0.4, 0.5) is 14.5 Å². The van der Waals surface area contributed by atoms with Crippen molar-refractivity contribution in [2.45, 2.75) is 6.54 Å². The molecule has 27 heavy (non-hydrogen) atoms.